The molecule has 0 saturated carbocycles. The summed E-state index contributed by atoms with van der Waals surface area (Å²) in [6.07, 6.45) is 1.39. The summed E-state index contributed by atoms with van der Waals surface area (Å²) in [6.45, 7) is 2.03. The Hall–Kier alpha value is -2.39. The van der Waals surface area contributed by atoms with E-state index in [2.05, 4.69) is 11.4 Å². The van der Waals surface area contributed by atoms with Crippen LogP contribution in [0.4, 0.5) is 0 Å². The first-order valence-electron chi connectivity index (χ1n) is 8.90. The van der Waals surface area contributed by atoms with E-state index in [1.54, 1.807) is 0 Å². The molecular weight excluding hydrogens is 346 g/mol. The molecule has 0 aromatic heterocycles. The molecule has 4 rings (SSSR count). The van der Waals surface area contributed by atoms with Gasteiger partial charge in [-0.3, -0.25) is 9.59 Å². The first-order valence-corrected chi connectivity index (χ1v) is 9.28. The molecular formula is C22H20ClNO2. The number of allylic oxidation sites excluding steroid dienone is 2. The lowest BCUT2D eigenvalue weighted by Crippen LogP contribution is -2.38. The maximum Gasteiger partial charge on any atom is 0.225 e. The van der Waals surface area contributed by atoms with Crippen LogP contribution in [0, 0.1) is 6.92 Å². The van der Waals surface area contributed by atoms with Crippen molar-refractivity contribution >= 4 is 23.3 Å². The van der Waals surface area contributed by atoms with Crippen molar-refractivity contribution in [3.8, 4) is 0 Å². The van der Waals surface area contributed by atoms with Crippen LogP contribution in [0.15, 0.2) is 59.8 Å². The standard InChI is InChI=1S/C22H20ClNO2/c1-13-5-4-6-14(9-13)17-12-21(26)24-19-10-15(11-20(25)22(17)19)16-7-2-3-8-18(16)23/h2-9,15,17H,10-12H2,1H3,(H,24,26)/t15-,17-/m0/s1. The Bertz CT molecular complexity index is 931. The van der Waals surface area contributed by atoms with Crippen molar-refractivity contribution < 1.29 is 9.59 Å². The molecule has 1 amide bonds. The quantitative estimate of drug-likeness (QED) is 0.841. The van der Waals surface area contributed by atoms with Crippen molar-refractivity contribution in [2.75, 3.05) is 0 Å². The third-order valence-electron chi connectivity index (χ3n) is 5.33. The molecule has 132 valence electrons. The van der Waals surface area contributed by atoms with Crippen LogP contribution in [0.2, 0.25) is 5.02 Å². The van der Waals surface area contributed by atoms with Gasteiger partial charge in [0.05, 0.1) is 0 Å². The Morgan fingerprint density at radius 2 is 1.81 bits per heavy atom. The maximum atomic E-state index is 13.0. The number of halogens is 1. The van der Waals surface area contributed by atoms with Crippen LogP contribution < -0.4 is 5.32 Å². The molecule has 2 aromatic carbocycles. The van der Waals surface area contributed by atoms with E-state index in [9.17, 15) is 9.59 Å². The van der Waals surface area contributed by atoms with Gasteiger partial charge in [-0.25, -0.2) is 0 Å². The minimum absolute atomic E-state index is 0.00603. The molecule has 0 radical (unpaired) electrons. The largest absolute Gasteiger partial charge is 0.329 e. The van der Waals surface area contributed by atoms with Crippen LogP contribution in [0.3, 0.4) is 0 Å². The van der Waals surface area contributed by atoms with Crippen molar-refractivity contribution in [2.24, 2.45) is 0 Å². The number of aryl methyl sites for hydroxylation is 1. The van der Waals surface area contributed by atoms with Crippen LogP contribution in [0.5, 0.6) is 0 Å². The SMILES string of the molecule is Cc1cccc([C@@H]2CC(=O)NC3=C2C(=O)C[C@@H](c2ccccc2Cl)C3)c1. The van der Waals surface area contributed by atoms with Gasteiger partial charge in [-0.05, 0) is 36.5 Å². The summed E-state index contributed by atoms with van der Waals surface area (Å²) in [7, 11) is 0. The zero-order chi connectivity index (χ0) is 18.3. The molecule has 4 heteroatoms. The highest BCUT2D eigenvalue weighted by Crippen LogP contribution is 2.43. The van der Waals surface area contributed by atoms with E-state index in [1.165, 1.54) is 0 Å². The molecule has 3 nitrogen and oxygen atoms in total. The van der Waals surface area contributed by atoms with E-state index < -0.39 is 0 Å². The highest BCUT2D eigenvalue weighted by Gasteiger charge is 2.38. The number of rotatable bonds is 2. The van der Waals surface area contributed by atoms with Crippen LogP contribution in [0.25, 0.3) is 0 Å². The van der Waals surface area contributed by atoms with Gasteiger partial charge in [0, 0.05) is 35.1 Å². The van der Waals surface area contributed by atoms with Gasteiger partial charge in [0.2, 0.25) is 5.91 Å². The van der Waals surface area contributed by atoms with Crippen LogP contribution in [0.1, 0.15) is 47.8 Å². The Morgan fingerprint density at radius 1 is 1.00 bits per heavy atom. The second-order valence-corrected chi connectivity index (χ2v) is 7.57. The zero-order valence-corrected chi connectivity index (χ0v) is 15.3. The Balaban J connectivity index is 1.74. The molecule has 2 aliphatic rings. The normalized spacial score (nSPS) is 22.8. The summed E-state index contributed by atoms with van der Waals surface area (Å²) in [6, 6.07) is 15.7. The Morgan fingerprint density at radius 3 is 2.58 bits per heavy atom. The fourth-order valence-electron chi connectivity index (χ4n) is 4.16. The highest BCUT2D eigenvalue weighted by molar-refractivity contribution is 6.31. The van der Waals surface area contributed by atoms with Crippen LogP contribution in [-0.2, 0) is 9.59 Å². The van der Waals surface area contributed by atoms with Crippen LogP contribution in [-0.4, -0.2) is 11.7 Å². The van der Waals surface area contributed by atoms with Crippen molar-refractivity contribution in [3.05, 3.63) is 81.5 Å². The van der Waals surface area contributed by atoms with Gasteiger partial charge in [-0.1, -0.05) is 59.6 Å². The molecule has 0 saturated heterocycles. The third-order valence-corrected chi connectivity index (χ3v) is 5.67. The number of carbonyl (C=O) groups is 2. The second kappa shape index (κ2) is 6.73. The predicted molar refractivity (Wildman–Crippen MR) is 102 cm³/mol. The molecule has 1 heterocycles. The fraction of sp³-hybridized carbons (Fsp3) is 0.273. The van der Waals surface area contributed by atoms with Crippen LogP contribution >= 0.6 is 11.6 Å². The van der Waals surface area contributed by atoms with E-state index in [1.807, 2.05) is 49.4 Å². The average Bonchev–Trinajstić information content (AvgIpc) is 2.61. The van der Waals surface area contributed by atoms with Gasteiger partial charge in [0.25, 0.3) is 0 Å². The van der Waals surface area contributed by atoms with Crippen molar-refractivity contribution in [2.45, 2.75) is 38.0 Å². The number of amides is 1. The van der Waals surface area contributed by atoms with Gasteiger partial charge in [0.1, 0.15) is 0 Å². The summed E-state index contributed by atoms with van der Waals surface area (Å²) in [5.41, 5.74) is 4.69. The van der Waals surface area contributed by atoms with Gasteiger partial charge in [-0.15, -0.1) is 0 Å². The van der Waals surface area contributed by atoms with E-state index in [0.29, 0.717) is 24.3 Å². The summed E-state index contributed by atoms with van der Waals surface area (Å²) in [4.78, 5) is 25.4. The summed E-state index contributed by atoms with van der Waals surface area (Å²) in [5, 5.41) is 3.63. The van der Waals surface area contributed by atoms with Crippen molar-refractivity contribution in [1.82, 2.24) is 5.32 Å². The first-order chi connectivity index (χ1) is 12.5. The minimum atomic E-state index is -0.154. The molecule has 0 fully saturated rings. The summed E-state index contributed by atoms with van der Waals surface area (Å²) in [5.74, 6) is -0.0598. The van der Waals surface area contributed by atoms with Gasteiger partial charge < -0.3 is 5.32 Å². The average molecular weight is 366 g/mol. The number of nitrogens with one attached hydrogen (secondary N) is 1. The maximum absolute atomic E-state index is 13.0. The lowest BCUT2D eigenvalue weighted by atomic mass is 9.73. The molecule has 0 unspecified atom stereocenters. The lowest BCUT2D eigenvalue weighted by Gasteiger charge is -2.34. The number of hydrogen-bond acceptors (Lipinski definition) is 2. The molecule has 1 N–H and O–H groups in total. The Kier molecular flexibility index (Phi) is 4.41. The smallest absolute Gasteiger partial charge is 0.225 e. The van der Waals surface area contributed by atoms with Gasteiger partial charge in [0.15, 0.2) is 5.78 Å². The van der Waals surface area contributed by atoms with Gasteiger partial charge >= 0.3 is 0 Å². The van der Waals surface area contributed by atoms with Crippen molar-refractivity contribution in [3.63, 3.8) is 0 Å². The summed E-state index contributed by atoms with van der Waals surface area (Å²) < 4.78 is 0. The van der Waals surface area contributed by atoms with Gasteiger partial charge in [-0.2, -0.15) is 0 Å². The molecule has 0 spiro atoms. The Labute approximate surface area is 158 Å². The number of Topliss-reactive ketones (excluding diaryl/α,β-unsaturated/α-hetero) is 1. The number of hydrogen-bond donors (Lipinski definition) is 1. The fourth-order valence-corrected chi connectivity index (χ4v) is 4.45. The lowest BCUT2D eigenvalue weighted by molar-refractivity contribution is -0.122. The zero-order valence-electron chi connectivity index (χ0n) is 14.6. The predicted octanol–water partition coefficient (Wildman–Crippen LogP) is 4.65. The van der Waals surface area contributed by atoms with E-state index in [4.69, 9.17) is 11.6 Å². The van der Waals surface area contributed by atoms with E-state index in [-0.39, 0.29) is 23.5 Å². The highest BCUT2D eigenvalue weighted by atomic mass is 35.5. The second-order valence-electron chi connectivity index (χ2n) is 7.16. The molecule has 2 atom stereocenters. The minimum Gasteiger partial charge on any atom is -0.329 e. The molecule has 26 heavy (non-hydrogen) atoms. The van der Waals surface area contributed by atoms with E-state index in [0.717, 1.165) is 28.0 Å². The van der Waals surface area contributed by atoms with Crippen molar-refractivity contribution in [1.29, 1.82) is 0 Å². The monoisotopic (exact) mass is 365 g/mol. The number of carbonyl (C=O) groups excluding carboxylic acids is 2. The van der Waals surface area contributed by atoms with E-state index >= 15 is 0 Å². The molecule has 1 aliphatic heterocycles. The number of ketones is 1. The number of benzene rings is 2. The molecule has 0 bridgehead atoms. The topological polar surface area (TPSA) is 46.2 Å². The first kappa shape index (κ1) is 17.0. The molecule has 2 aromatic rings. The third kappa shape index (κ3) is 3.08. The molecule has 1 aliphatic carbocycles. The summed E-state index contributed by atoms with van der Waals surface area (Å²) >= 11 is 6.34.